The molecular formula is C12H24N2O. The predicted octanol–water partition coefficient (Wildman–Crippen LogP) is 1.73. The second-order valence-corrected chi connectivity index (χ2v) is 4.56. The van der Waals surface area contributed by atoms with Gasteiger partial charge >= 0.3 is 0 Å². The van der Waals surface area contributed by atoms with Gasteiger partial charge in [0.05, 0.1) is 0 Å². The van der Waals surface area contributed by atoms with Gasteiger partial charge in [-0.15, -0.1) is 0 Å². The van der Waals surface area contributed by atoms with Crippen molar-refractivity contribution in [2.45, 2.75) is 45.6 Å². The van der Waals surface area contributed by atoms with Crippen molar-refractivity contribution in [1.82, 2.24) is 9.80 Å². The van der Waals surface area contributed by atoms with Crippen LogP contribution in [-0.4, -0.2) is 48.4 Å². The molecule has 0 radical (unpaired) electrons. The highest BCUT2D eigenvalue weighted by molar-refractivity contribution is 5.73. The fraction of sp³-hybridized carbons (Fsp3) is 0.917. The van der Waals surface area contributed by atoms with E-state index in [2.05, 4.69) is 11.8 Å². The molecule has 1 heterocycles. The summed E-state index contributed by atoms with van der Waals surface area (Å²) in [6.45, 7) is 7.43. The van der Waals surface area contributed by atoms with Crippen LogP contribution in [0.3, 0.4) is 0 Å². The maximum absolute atomic E-state index is 11.2. The summed E-state index contributed by atoms with van der Waals surface area (Å²) in [6.07, 6.45) is 4.85. The van der Waals surface area contributed by atoms with Crippen molar-refractivity contribution < 1.29 is 4.79 Å². The molecule has 88 valence electrons. The van der Waals surface area contributed by atoms with Crippen molar-refractivity contribution in [1.29, 1.82) is 0 Å². The highest BCUT2D eigenvalue weighted by atomic mass is 16.2. The van der Waals surface area contributed by atoms with E-state index in [9.17, 15) is 4.79 Å². The Kier molecular flexibility index (Phi) is 5.09. The Morgan fingerprint density at radius 2 is 2.00 bits per heavy atom. The smallest absolute Gasteiger partial charge is 0.219 e. The van der Waals surface area contributed by atoms with E-state index >= 15 is 0 Å². The normalized spacial score (nSPS) is 19.1. The van der Waals surface area contributed by atoms with Gasteiger partial charge in [0.1, 0.15) is 0 Å². The largest absolute Gasteiger partial charge is 0.343 e. The van der Waals surface area contributed by atoms with Gasteiger partial charge in [-0.05, 0) is 25.8 Å². The number of carbonyl (C=O) groups is 1. The summed E-state index contributed by atoms with van der Waals surface area (Å²) >= 11 is 0. The summed E-state index contributed by atoms with van der Waals surface area (Å²) < 4.78 is 0. The molecule has 1 aliphatic rings. The second-order valence-electron chi connectivity index (χ2n) is 4.56. The molecule has 0 N–H and O–H groups in total. The van der Waals surface area contributed by atoms with Crippen LogP contribution >= 0.6 is 0 Å². The molecule has 0 atom stereocenters. The van der Waals surface area contributed by atoms with Gasteiger partial charge in [0.15, 0.2) is 0 Å². The Balaban J connectivity index is 2.26. The third-order valence-electron chi connectivity index (χ3n) is 3.43. The summed E-state index contributed by atoms with van der Waals surface area (Å²) in [4.78, 5) is 15.6. The Bertz CT molecular complexity index is 198. The zero-order chi connectivity index (χ0) is 11.3. The average molecular weight is 212 g/mol. The van der Waals surface area contributed by atoms with Gasteiger partial charge in [0, 0.05) is 33.1 Å². The molecule has 1 fully saturated rings. The number of rotatable bonds is 4. The molecule has 1 saturated heterocycles. The van der Waals surface area contributed by atoms with E-state index in [0.717, 1.165) is 25.9 Å². The van der Waals surface area contributed by atoms with Gasteiger partial charge < -0.3 is 9.80 Å². The van der Waals surface area contributed by atoms with Crippen molar-refractivity contribution in [2.75, 3.05) is 26.7 Å². The third kappa shape index (κ3) is 3.82. The van der Waals surface area contributed by atoms with Crippen molar-refractivity contribution >= 4 is 5.91 Å². The van der Waals surface area contributed by atoms with E-state index in [4.69, 9.17) is 0 Å². The third-order valence-corrected chi connectivity index (χ3v) is 3.43. The lowest BCUT2D eigenvalue weighted by molar-refractivity contribution is -0.130. The van der Waals surface area contributed by atoms with E-state index in [1.54, 1.807) is 6.92 Å². The first kappa shape index (κ1) is 12.5. The van der Waals surface area contributed by atoms with Crippen LogP contribution < -0.4 is 0 Å². The highest BCUT2D eigenvalue weighted by Gasteiger charge is 2.22. The summed E-state index contributed by atoms with van der Waals surface area (Å²) in [5.41, 5.74) is 0. The average Bonchev–Trinajstić information content (AvgIpc) is 2.26. The number of hydrogen-bond donors (Lipinski definition) is 0. The zero-order valence-electron chi connectivity index (χ0n) is 10.3. The van der Waals surface area contributed by atoms with Crippen molar-refractivity contribution in [3.05, 3.63) is 0 Å². The van der Waals surface area contributed by atoms with Gasteiger partial charge in [-0.25, -0.2) is 0 Å². The quantitative estimate of drug-likeness (QED) is 0.708. The first-order valence-electron chi connectivity index (χ1n) is 6.11. The molecule has 1 rings (SSSR count). The summed E-state index contributed by atoms with van der Waals surface area (Å²) in [5, 5.41) is 0. The van der Waals surface area contributed by atoms with E-state index in [1.807, 2.05) is 11.9 Å². The van der Waals surface area contributed by atoms with Crippen LogP contribution in [0.25, 0.3) is 0 Å². The van der Waals surface area contributed by atoms with Crippen LogP contribution in [0.1, 0.15) is 39.5 Å². The van der Waals surface area contributed by atoms with E-state index in [0.29, 0.717) is 6.04 Å². The summed E-state index contributed by atoms with van der Waals surface area (Å²) in [6, 6.07) is 0.473. The lowest BCUT2D eigenvalue weighted by Gasteiger charge is -2.36. The molecule has 0 aliphatic carbocycles. The summed E-state index contributed by atoms with van der Waals surface area (Å²) in [7, 11) is 1.93. The highest BCUT2D eigenvalue weighted by Crippen LogP contribution is 2.15. The number of amides is 1. The Labute approximate surface area is 93.4 Å². The Morgan fingerprint density at radius 1 is 1.40 bits per heavy atom. The minimum Gasteiger partial charge on any atom is -0.343 e. The predicted molar refractivity (Wildman–Crippen MR) is 62.8 cm³/mol. The lowest BCUT2D eigenvalue weighted by Crippen LogP contribution is -2.45. The molecule has 1 amide bonds. The standard InChI is InChI=1S/C12H24N2O/c1-4-5-8-14-9-6-12(7-10-14)13(3)11(2)15/h12H,4-10H2,1-3H3. The van der Waals surface area contributed by atoms with Gasteiger partial charge in [-0.1, -0.05) is 13.3 Å². The number of unbranched alkanes of at least 4 members (excludes halogenated alkanes) is 1. The second kappa shape index (κ2) is 6.11. The topological polar surface area (TPSA) is 23.6 Å². The monoisotopic (exact) mass is 212 g/mol. The zero-order valence-corrected chi connectivity index (χ0v) is 10.3. The minimum absolute atomic E-state index is 0.196. The van der Waals surface area contributed by atoms with E-state index in [-0.39, 0.29) is 5.91 Å². The summed E-state index contributed by atoms with van der Waals surface area (Å²) in [5.74, 6) is 0.196. The molecule has 0 aromatic rings. The Hall–Kier alpha value is -0.570. The molecule has 0 unspecified atom stereocenters. The maximum Gasteiger partial charge on any atom is 0.219 e. The first-order valence-corrected chi connectivity index (χ1v) is 6.11. The minimum atomic E-state index is 0.196. The fourth-order valence-electron chi connectivity index (χ4n) is 2.17. The van der Waals surface area contributed by atoms with Crippen molar-refractivity contribution in [2.24, 2.45) is 0 Å². The molecule has 0 saturated carbocycles. The molecule has 15 heavy (non-hydrogen) atoms. The SMILES string of the molecule is CCCCN1CCC(N(C)C(C)=O)CC1. The van der Waals surface area contributed by atoms with Crippen LogP contribution in [0.4, 0.5) is 0 Å². The van der Waals surface area contributed by atoms with Crippen molar-refractivity contribution in [3.63, 3.8) is 0 Å². The molecule has 0 aromatic heterocycles. The van der Waals surface area contributed by atoms with Gasteiger partial charge in [-0.3, -0.25) is 4.79 Å². The molecule has 0 spiro atoms. The molecule has 0 bridgehead atoms. The van der Waals surface area contributed by atoms with Crippen LogP contribution in [0.15, 0.2) is 0 Å². The van der Waals surface area contributed by atoms with Crippen LogP contribution in [-0.2, 0) is 4.79 Å². The number of nitrogens with zero attached hydrogens (tertiary/aromatic N) is 2. The van der Waals surface area contributed by atoms with Gasteiger partial charge in [-0.2, -0.15) is 0 Å². The van der Waals surface area contributed by atoms with Gasteiger partial charge in [0.2, 0.25) is 5.91 Å². The molecule has 3 nitrogen and oxygen atoms in total. The number of piperidine rings is 1. The number of carbonyl (C=O) groups excluding carboxylic acids is 1. The number of likely N-dealkylation sites (tertiary alicyclic amines) is 1. The molecule has 3 heteroatoms. The van der Waals surface area contributed by atoms with Crippen LogP contribution in [0.2, 0.25) is 0 Å². The van der Waals surface area contributed by atoms with Crippen LogP contribution in [0.5, 0.6) is 0 Å². The molecular weight excluding hydrogens is 188 g/mol. The number of hydrogen-bond acceptors (Lipinski definition) is 2. The van der Waals surface area contributed by atoms with Crippen molar-refractivity contribution in [3.8, 4) is 0 Å². The molecule has 1 aliphatic heterocycles. The lowest BCUT2D eigenvalue weighted by atomic mass is 10.0. The van der Waals surface area contributed by atoms with E-state index < -0.39 is 0 Å². The fourth-order valence-corrected chi connectivity index (χ4v) is 2.17. The van der Waals surface area contributed by atoms with Gasteiger partial charge in [0.25, 0.3) is 0 Å². The van der Waals surface area contributed by atoms with Crippen LogP contribution in [0, 0.1) is 0 Å². The van der Waals surface area contributed by atoms with E-state index in [1.165, 1.54) is 19.4 Å². The Morgan fingerprint density at radius 3 is 2.47 bits per heavy atom. The first-order chi connectivity index (χ1) is 7.15. The maximum atomic E-state index is 11.2. The molecule has 0 aromatic carbocycles.